The van der Waals surface area contributed by atoms with Gasteiger partial charge in [-0.3, -0.25) is 4.79 Å². The van der Waals surface area contributed by atoms with Gasteiger partial charge in [-0.25, -0.2) is 0 Å². The molecule has 3 nitrogen and oxygen atoms in total. The first kappa shape index (κ1) is 16.2. The summed E-state index contributed by atoms with van der Waals surface area (Å²) in [5.74, 6) is 0. The van der Waals surface area contributed by atoms with Crippen LogP contribution in [0.2, 0.25) is 0 Å². The van der Waals surface area contributed by atoms with E-state index in [0.29, 0.717) is 18.8 Å². The van der Waals surface area contributed by atoms with Crippen molar-refractivity contribution in [3.63, 3.8) is 0 Å². The lowest BCUT2D eigenvalue weighted by Crippen LogP contribution is -2.18. The highest BCUT2D eigenvalue weighted by molar-refractivity contribution is 5.78. The van der Waals surface area contributed by atoms with E-state index in [0.717, 1.165) is 31.4 Å². The maximum Gasteiger partial charge on any atom is 0.151 e. The Bertz CT molecular complexity index is 428. The fourth-order valence-corrected chi connectivity index (χ4v) is 1.85. The number of benzene rings is 1. The third-order valence-electron chi connectivity index (χ3n) is 2.96. The van der Waals surface area contributed by atoms with Crippen molar-refractivity contribution in [2.45, 2.75) is 26.4 Å². The highest BCUT2D eigenvalue weighted by Gasteiger charge is 2.00. The maximum absolute atomic E-state index is 10.8. The Morgan fingerprint density at radius 2 is 2.10 bits per heavy atom. The Labute approximate surface area is 121 Å². The molecule has 0 bridgehead atoms. The summed E-state index contributed by atoms with van der Waals surface area (Å²) in [5.41, 5.74) is 2.76. The molecule has 0 aliphatic rings. The van der Waals surface area contributed by atoms with Crippen LogP contribution in [-0.4, -0.2) is 19.4 Å². The van der Waals surface area contributed by atoms with Crippen molar-refractivity contribution in [3.05, 3.63) is 59.8 Å². The van der Waals surface area contributed by atoms with Gasteiger partial charge in [0.2, 0.25) is 0 Å². The van der Waals surface area contributed by atoms with E-state index in [1.807, 2.05) is 25.1 Å². The van der Waals surface area contributed by atoms with E-state index in [9.17, 15) is 4.79 Å². The van der Waals surface area contributed by atoms with Gasteiger partial charge in [0.25, 0.3) is 0 Å². The molecule has 0 saturated heterocycles. The van der Waals surface area contributed by atoms with E-state index in [2.05, 4.69) is 24.0 Å². The van der Waals surface area contributed by atoms with Crippen molar-refractivity contribution in [2.24, 2.45) is 0 Å². The molecule has 0 atom stereocenters. The zero-order chi connectivity index (χ0) is 14.6. The van der Waals surface area contributed by atoms with E-state index in [1.54, 1.807) is 6.08 Å². The van der Waals surface area contributed by atoms with E-state index >= 15 is 0 Å². The van der Waals surface area contributed by atoms with Gasteiger partial charge in [-0.15, -0.1) is 0 Å². The summed E-state index contributed by atoms with van der Waals surface area (Å²) >= 11 is 0. The van der Waals surface area contributed by atoms with E-state index in [-0.39, 0.29) is 0 Å². The molecular formula is C17H23NO2. The third-order valence-corrected chi connectivity index (χ3v) is 2.96. The molecule has 0 aromatic heterocycles. The molecular weight excluding hydrogens is 250 g/mol. The molecule has 0 spiro atoms. The number of carbonyl (C=O) groups is 1. The molecule has 0 aliphatic carbocycles. The van der Waals surface area contributed by atoms with Crippen LogP contribution in [0.3, 0.4) is 0 Å². The molecule has 1 aromatic carbocycles. The number of hydrogen-bond donors (Lipinski definition) is 1. The topological polar surface area (TPSA) is 38.3 Å². The van der Waals surface area contributed by atoms with Crippen molar-refractivity contribution in [3.8, 4) is 0 Å². The van der Waals surface area contributed by atoms with Gasteiger partial charge in [-0.05, 0) is 18.4 Å². The van der Waals surface area contributed by atoms with Gasteiger partial charge in [0.05, 0.1) is 6.61 Å². The summed E-state index contributed by atoms with van der Waals surface area (Å²) in [6.45, 7) is 7.79. The van der Waals surface area contributed by atoms with E-state index in [4.69, 9.17) is 4.74 Å². The lowest BCUT2D eigenvalue weighted by atomic mass is 10.2. The van der Waals surface area contributed by atoms with Crippen LogP contribution in [-0.2, 0) is 16.1 Å². The third kappa shape index (κ3) is 5.85. The first-order valence-electron chi connectivity index (χ1n) is 6.98. The molecule has 1 N–H and O–H groups in total. The van der Waals surface area contributed by atoms with Gasteiger partial charge in [0, 0.05) is 24.4 Å². The molecule has 0 saturated carbocycles. The van der Waals surface area contributed by atoms with Crippen LogP contribution in [0.15, 0.2) is 54.3 Å². The lowest BCUT2D eigenvalue weighted by Gasteiger charge is -2.11. The number of rotatable bonds is 10. The minimum absolute atomic E-state index is 0.637. The molecule has 108 valence electrons. The fraction of sp³-hybridized carbons (Fsp3) is 0.353. The average molecular weight is 273 g/mol. The van der Waals surface area contributed by atoms with Crippen molar-refractivity contribution in [2.75, 3.05) is 13.2 Å². The SMILES string of the molecule is C=C/C(C=O)=C(\CC)NCCCOCc1ccccc1. The van der Waals surface area contributed by atoms with Crippen molar-refractivity contribution >= 4 is 6.29 Å². The molecule has 3 heteroatoms. The average Bonchev–Trinajstić information content (AvgIpc) is 2.50. The van der Waals surface area contributed by atoms with Crippen molar-refractivity contribution < 1.29 is 9.53 Å². The van der Waals surface area contributed by atoms with Crippen LogP contribution in [0.25, 0.3) is 0 Å². The van der Waals surface area contributed by atoms with Gasteiger partial charge in [0.15, 0.2) is 6.29 Å². The second-order valence-corrected chi connectivity index (χ2v) is 4.43. The van der Waals surface area contributed by atoms with Crippen molar-refractivity contribution in [1.29, 1.82) is 0 Å². The summed E-state index contributed by atoms with van der Waals surface area (Å²) in [7, 11) is 0. The van der Waals surface area contributed by atoms with E-state index < -0.39 is 0 Å². The second kappa shape index (κ2) is 9.98. The monoisotopic (exact) mass is 273 g/mol. The van der Waals surface area contributed by atoms with Crippen molar-refractivity contribution in [1.82, 2.24) is 5.32 Å². The van der Waals surface area contributed by atoms with Crippen LogP contribution in [0.4, 0.5) is 0 Å². The minimum atomic E-state index is 0.637. The predicted octanol–water partition coefficient (Wildman–Crippen LogP) is 3.23. The molecule has 0 radical (unpaired) electrons. The molecule has 20 heavy (non-hydrogen) atoms. The van der Waals surface area contributed by atoms with Gasteiger partial charge in [-0.1, -0.05) is 49.9 Å². The Morgan fingerprint density at radius 1 is 1.35 bits per heavy atom. The summed E-state index contributed by atoms with van der Waals surface area (Å²) in [5, 5.41) is 3.27. The van der Waals surface area contributed by atoms with Gasteiger partial charge >= 0.3 is 0 Å². The maximum atomic E-state index is 10.8. The quantitative estimate of drug-likeness (QED) is 0.308. The fourth-order valence-electron chi connectivity index (χ4n) is 1.85. The smallest absolute Gasteiger partial charge is 0.151 e. The number of ether oxygens (including phenoxy) is 1. The number of aldehydes is 1. The molecule has 1 aromatic rings. The zero-order valence-electron chi connectivity index (χ0n) is 12.1. The highest BCUT2D eigenvalue weighted by atomic mass is 16.5. The van der Waals surface area contributed by atoms with Gasteiger partial charge in [0.1, 0.15) is 0 Å². The highest BCUT2D eigenvalue weighted by Crippen LogP contribution is 2.05. The van der Waals surface area contributed by atoms with Crippen LogP contribution in [0, 0.1) is 0 Å². The minimum Gasteiger partial charge on any atom is -0.388 e. The van der Waals surface area contributed by atoms with Gasteiger partial charge in [-0.2, -0.15) is 0 Å². The second-order valence-electron chi connectivity index (χ2n) is 4.43. The number of allylic oxidation sites excluding steroid dienone is 3. The Hall–Kier alpha value is -1.87. The van der Waals surface area contributed by atoms with Crippen LogP contribution in [0.5, 0.6) is 0 Å². The molecule has 0 aliphatic heterocycles. The Morgan fingerprint density at radius 3 is 2.70 bits per heavy atom. The number of nitrogens with one attached hydrogen (secondary N) is 1. The zero-order valence-corrected chi connectivity index (χ0v) is 12.1. The largest absolute Gasteiger partial charge is 0.388 e. The standard InChI is InChI=1S/C17H23NO2/c1-3-16(13-19)17(4-2)18-11-8-12-20-14-15-9-6-5-7-10-15/h3,5-7,9-10,13,18H,1,4,8,11-12,14H2,2H3/b17-16-. The molecule has 0 heterocycles. The van der Waals surface area contributed by atoms with E-state index in [1.165, 1.54) is 5.56 Å². The molecule has 0 unspecified atom stereocenters. The summed E-state index contributed by atoms with van der Waals surface area (Å²) in [4.78, 5) is 10.8. The normalized spacial score (nSPS) is 11.7. The summed E-state index contributed by atoms with van der Waals surface area (Å²) in [6, 6.07) is 10.1. The first-order chi connectivity index (χ1) is 9.81. The van der Waals surface area contributed by atoms with Gasteiger partial charge < -0.3 is 10.1 Å². The molecule has 0 fully saturated rings. The molecule has 1 rings (SSSR count). The predicted molar refractivity (Wildman–Crippen MR) is 82.3 cm³/mol. The summed E-state index contributed by atoms with van der Waals surface area (Å²) in [6.07, 6.45) is 4.13. The van der Waals surface area contributed by atoms with Crippen LogP contribution >= 0.6 is 0 Å². The van der Waals surface area contributed by atoms with Crippen LogP contribution in [0.1, 0.15) is 25.3 Å². The van der Waals surface area contributed by atoms with Crippen LogP contribution < -0.4 is 5.32 Å². The first-order valence-corrected chi connectivity index (χ1v) is 6.98. The molecule has 0 amide bonds. The lowest BCUT2D eigenvalue weighted by molar-refractivity contribution is -0.104. The number of hydrogen-bond acceptors (Lipinski definition) is 3. The summed E-state index contributed by atoms with van der Waals surface area (Å²) < 4.78 is 5.60. The number of carbonyl (C=O) groups excluding carboxylic acids is 1. The Kier molecular flexibility index (Phi) is 8.08. The Balaban J connectivity index is 2.20.